The molecule has 2 aromatic rings. The van der Waals surface area contributed by atoms with Crippen molar-refractivity contribution < 1.29 is 9.28 Å². The van der Waals surface area contributed by atoms with Crippen LogP contribution in [-0.4, -0.2) is 31.3 Å². The van der Waals surface area contributed by atoms with Gasteiger partial charge < -0.3 is 0 Å². The Kier molecular flexibility index (Phi) is 2.89. The molecule has 0 bridgehead atoms. The molecule has 17 heavy (non-hydrogen) atoms. The summed E-state index contributed by atoms with van der Waals surface area (Å²) in [7, 11) is 2.29. The van der Waals surface area contributed by atoms with E-state index >= 15 is 0 Å². The minimum Gasteiger partial charge on any atom is -0.295 e. The highest BCUT2D eigenvalue weighted by Crippen LogP contribution is 2.08. The summed E-state index contributed by atoms with van der Waals surface area (Å²) < 4.78 is 13.1. The molecule has 2 unspecified atom stereocenters. The van der Waals surface area contributed by atoms with Gasteiger partial charge in [-0.2, -0.15) is 4.98 Å². The van der Waals surface area contributed by atoms with E-state index < -0.39 is 5.56 Å². The highest BCUT2D eigenvalue weighted by Gasteiger charge is 2.13. The second-order valence-corrected chi connectivity index (χ2v) is 4.42. The topological polar surface area (TPSA) is 92.7 Å². The van der Waals surface area contributed by atoms with Crippen molar-refractivity contribution in [2.24, 2.45) is 0 Å². The summed E-state index contributed by atoms with van der Waals surface area (Å²) in [5.41, 5.74) is -1.32. The highest BCUT2D eigenvalue weighted by molar-refractivity contribution is 7.19. The number of fused-ring (bicyclic) bond motifs is 1. The third-order valence-electron chi connectivity index (χ3n) is 2.02. The van der Waals surface area contributed by atoms with Crippen LogP contribution in [0.15, 0.2) is 11.1 Å². The van der Waals surface area contributed by atoms with Crippen molar-refractivity contribution in [3.8, 4) is 0 Å². The number of carbonyl (C=O) groups excluding carboxylic acids is 1. The number of hydrogen-bond acceptors (Lipinski definition) is 4. The Labute approximate surface area is 96.6 Å². The lowest BCUT2D eigenvalue weighted by Gasteiger charge is -2.05. The third-order valence-corrected chi connectivity index (χ3v) is 2.32. The van der Waals surface area contributed by atoms with Crippen LogP contribution in [-0.2, 0) is 4.79 Å². The zero-order chi connectivity index (χ0) is 12.6. The van der Waals surface area contributed by atoms with Crippen LogP contribution in [0.1, 0.15) is 6.92 Å². The van der Waals surface area contributed by atoms with Crippen molar-refractivity contribution >= 4 is 32.3 Å². The molecule has 0 aromatic carbocycles. The molecular weight excluding hydrogens is 248 g/mol. The molecule has 9 heteroatoms. The Balaban J connectivity index is 2.46. The van der Waals surface area contributed by atoms with Crippen molar-refractivity contribution in [1.82, 2.24) is 19.7 Å². The first-order valence-electron chi connectivity index (χ1n) is 4.69. The molecule has 0 aliphatic carbocycles. The van der Waals surface area contributed by atoms with E-state index in [4.69, 9.17) is 0 Å². The van der Waals surface area contributed by atoms with Crippen LogP contribution in [0.25, 0.3) is 11.2 Å². The zero-order valence-electron chi connectivity index (χ0n) is 8.77. The average molecular weight is 257 g/mol. The maximum Gasteiger partial charge on any atom is 0.280 e. The molecule has 0 saturated heterocycles. The summed E-state index contributed by atoms with van der Waals surface area (Å²) in [4.78, 5) is 32.5. The molecule has 0 aliphatic rings. The summed E-state index contributed by atoms with van der Waals surface area (Å²) in [6.45, 7) is 1.65. The molecule has 2 heterocycles. The molecule has 0 aliphatic heterocycles. The minimum atomic E-state index is -0.613. The lowest BCUT2D eigenvalue weighted by Crippen LogP contribution is -2.23. The first-order valence-corrected chi connectivity index (χ1v) is 5.35. The van der Waals surface area contributed by atoms with Gasteiger partial charge >= 0.3 is 0 Å². The standard InChI is InChI=1S/C8H9FN5O2P/c1-3(17)6(15)12-8-11-5-4(7(16)13-8)10-2-14(5)9/h2-3H,17H2,1H3,(H2,11,12,13,15,16). The summed E-state index contributed by atoms with van der Waals surface area (Å²) in [6, 6.07) is 0. The van der Waals surface area contributed by atoms with Gasteiger partial charge in [0.15, 0.2) is 11.2 Å². The predicted molar refractivity (Wildman–Crippen MR) is 62.5 cm³/mol. The molecule has 1 amide bonds. The molecule has 0 radical (unpaired) electrons. The molecule has 2 aromatic heterocycles. The van der Waals surface area contributed by atoms with Gasteiger partial charge in [-0.1, -0.05) is 11.4 Å². The molecule has 2 rings (SSSR count). The predicted octanol–water partition coefficient (Wildman–Crippen LogP) is 0.0543. The number of amides is 1. The van der Waals surface area contributed by atoms with Crippen molar-refractivity contribution in [3.63, 3.8) is 0 Å². The zero-order valence-corrected chi connectivity index (χ0v) is 9.92. The Morgan fingerprint density at radius 2 is 2.41 bits per heavy atom. The van der Waals surface area contributed by atoms with Gasteiger partial charge in [-0.25, -0.2) is 4.98 Å². The Bertz CT molecular complexity index is 634. The fourth-order valence-corrected chi connectivity index (χ4v) is 1.26. The number of nitrogens with one attached hydrogen (secondary N) is 2. The van der Waals surface area contributed by atoms with Crippen LogP contribution >= 0.6 is 9.24 Å². The van der Waals surface area contributed by atoms with E-state index in [0.717, 1.165) is 6.33 Å². The second-order valence-electron chi connectivity index (χ2n) is 3.42. The number of halogens is 1. The maximum absolute atomic E-state index is 13.1. The molecule has 0 saturated carbocycles. The lowest BCUT2D eigenvalue weighted by molar-refractivity contribution is -0.115. The minimum absolute atomic E-state index is 0.110. The number of anilines is 1. The van der Waals surface area contributed by atoms with Crippen molar-refractivity contribution in [3.05, 3.63) is 16.7 Å². The van der Waals surface area contributed by atoms with Gasteiger partial charge in [-0.15, -0.1) is 14.0 Å². The maximum atomic E-state index is 13.1. The quantitative estimate of drug-likeness (QED) is 0.744. The summed E-state index contributed by atoms with van der Waals surface area (Å²) >= 11 is 0. The molecule has 0 spiro atoms. The van der Waals surface area contributed by atoms with E-state index in [-0.39, 0.29) is 33.5 Å². The lowest BCUT2D eigenvalue weighted by atomic mass is 10.4. The molecule has 90 valence electrons. The third kappa shape index (κ3) is 2.16. The first kappa shape index (κ1) is 11.7. The Hall–Kier alpha value is -1.82. The van der Waals surface area contributed by atoms with E-state index in [9.17, 15) is 14.1 Å². The van der Waals surface area contributed by atoms with Crippen LogP contribution in [0, 0.1) is 0 Å². The van der Waals surface area contributed by atoms with Crippen LogP contribution < -0.4 is 10.9 Å². The van der Waals surface area contributed by atoms with Gasteiger partial charge in [0.1, 0.15) is 6.33 Å². The molecule has 2 atom stereocenters. The molecular formula is C8H9FN5O2P. The van der Waals surface area contributed by atoms with Crippen molar-refractivity contribution in [2.45, 2.75) is 12.6 Å². The Morgan fingerprint density at radius 3 is 3.06 bits per heavy atom. The van der Waals surface area contributed by atoms with Gasteiger partial charge in [-0.05, 0) is 0 Å². The van der Waals surface area contributed by atoms with Crippen LogP contribution in [0.5, 0.6) is 0 Å². The molecule has 2 N–H and O–H groups in total. The van der Waals surface area contributed by atoms with Gasteiger partial charge in [0.2, 0.25) is 11.9 Å². The van der Waals surface area contributed by atoms with Gasteiger partial charge in [-0.3, -0.25) is 19.9 Å². The van der Waals surface area contributed by atoms with E-state index in [1.54, 1.807) is 6.92 Å². The smallest absolute Gasteiger partial charge is 0.280 e. The van der Waals surface area contributed by atoms with Crippen LogP contribution in [0.3, 0.4) is 0 Å². The van der Waals surface area contributed by atoms with Crippen molar-refractivity contribution in [2.75, 3.05) is 5.32 Å². The van der Waals surface area contributed by atoms with E-state index in [1.807, 2.05) is 0 Å². The number of nitrogens with zero attached hydrogens (tertiary/aromatic N) is 3. The van der Waals surface area contributed by atoms with Crippen LogP contribution in [0.2, 0.25) is 0 Å². The SMILES string of the molecule is CC(P)C(=O)Nc1nc2c(ncn2F)c(=O)[nH]1. The van der Waals surface area contributed by atoms with Crippen LogP contribution in [0.4, 0.5) is 10.4 Å². The molecule has 0 fully saturated rings. The first-order chi connectivity index (χ1) is 7.99. The fraction of sp³-hybridized carbons (Fsp3) is 0.250. The number of carbonyl (C=O) groups is 1. The summed E-state index contributed by atoms with van der Waals surface area (Å²) in [5.74, 6) is -0.469. The number of imidazole rings is 1. The highest BCUT2D eigenvalue weighted by atomic mass is 31.0. The summed E-state index contributed by atoms with van der Waals surface area (Å²) in [6.07, 6.45) is 0.830. The molecule has 7 nitrogen and oxygen atoms in total. The Morgan fingerprint density at radius 1 is 1.71 bits per heavy atom. The van der Waals surface area contributed by atoms with Gasteiger partial charge in [0.05, 0.1) is 0 Å². The monoisotopic (exact) mass is 257 g/mol. The van der Waals surface area contributed by atoms with Gasteiger partial charge in [0, 0.05) is 5.66 Å². The number of H-pyrrole nitrogens is 1. The summed E-state index contributed by atoms with van der Waals surface area (Å²) in [5, 5.41) is 2.36. The fourth-order valence-electron chi connectivity index (χ4n) is 1.17. The van der Waals surface area contributed by atoms with Crippen molar-refractivity contribution in [1.29, 1.82) is 0 Å². The van der Waals surface area contributed by atoms with E-state index in [0.29, 0.717) is 0 Å². The number of aromatic amines is 1. The number of rotatable bonds is 2. The van der Waals surface area contributed by atoms with Gasteiger partial charge in [0.25, 0.3) is 5.56 Å². The second kappa shape index (κ2) is 4.21. The van der Waals surface area contributed by atoms with E-state index in [2.05, 4.69) is 29.5 Å². The largest absolute Gasteiger partial charge is 0.295 e. The van der Waals surface area contributed by atoms with E-state index in [1.165, 1.54) is 0 Å². The number of hydrogen-bond donors (Lipinski definition) is 2. The average Bonchev–Trinajstić information content (AvgIpc) is 2.61. The normalized spacial score (nSPS) is 12.6. The number of aromatic nitrogens is 4.